The van der Waals surface area contributed by atoms with Crippen LogP contribution in [-0.4, -0.2) is 30.5 Å². The number of carbonyl (C=O) groups excluding carboxylic acids is 1. The number of hydrogen-bond acceptors (Lipinski definition) is 3. The number of carbonyl (C=O) groups is 1. The first-order valence-electron chi connectivity index (χ1n) is 6.20. The van der Waals surface area contributed by atoms with Crippen molar-refractivity contribution in [2.45, 2.75) is 26.1 Å². The van der Waals surface area contributed by atoms with Gasteiger partial charge in [-0.2, -0.15) is 8.78 Å². The summed E-state index contributed by atoms with van der Waals surface area (Å²) in [4.78, 5) is 13.4. The van der Waals surface area contributed by atoms with Crippen LogP contribution in [0.5, 0.6) is 5.75 Å². The van der Waals surface area contributed by atoms with E-state index in [0.717, 1.165) is 6.42 Å². The molecule has 0 aliphatic carbocycles. The van der Waals surface area contributed by atoms with E-state index in [2.05, 4.69) is 10.1 Å². The summed E-state index contributed by atoms with van der Waals surface area (Å²) in [6.07, 6.45) is 0.407. The molecule has 4 nitrogen and oxygen atoms in total. The number of rotatable bonds is 5. The quantitative estimate of drug-likeness (QED) is 0.891. The molecule has 1 aliphatic rings. The number of nitrogens with zero attached hydrogens (tertiary/aromatic N) is 1. The second-order valence-electron chi connectivity index (χ2n) is 4.29. The zero-order valence-electron chi connectivity index (χ0n) is 10.6. The Kier molecular flexibility index (Phi) is 4.31. The van der Waals surface area contributed by atoms with Crippen LogP contribution in [0.2, 0.25) is 0 Å². The number of alkyl halides is 2. The summed E-state index contributed by atoms with van der Waals surface area (Å²) in [5.74, 6) is 0.0736. The number of halogens is 2. The van der Waals surface area contributed by atoms with Crippen LogP contribution < -0.4 is 10.1 Å². The summed E-state index contributed by atoms with van der Waals surface area (Å²) < 4.78 is 29.3. The first kappa shape index (κ1) is 13.7. The third kappa shape index (κ3) is 3.01. The number of amides is 1. The SMILES string of the molecule is CCCN1C(=O)CNC1c1ccccc1OC(F)F. The fourth-order valence-electron chi connectivity index (χ4n) is 2.22. The largest absolute Gasteiger partial charge is 0.434 e. The summed E-state index contributed by atoms with van der Waals surface area (Å²) in [5.41, 5.74) is 0.558. The summed E-state index contributed by atoms with van der Waals surface area (Å²) in [6.45, 7) is -0.116. The van der Waals surface area contributed by atoms with Gasteiger partial charge in [0.05, 0.1) is 6.54 Å². The maximum absolute atomic E-state index is 12.4. The molecule has 1 aromatic rings. The predicted octanol–water partition coefficient (Wildman–Crippen LogP) is 2.13. The lowest BCUT2D eigenvalue weighted by Crippen LogP contribution is -2.31. The highest BCUT2D eigenvalue weighted by molar-refractivity contribution is 5.81. The topological polar surface area (TPSA) is 41.6 Å². The molecule has 2 rings (SSSR count). The molecule has 0 spiro atoms. The molecule has 104 valence electrons. The molecular formula is C13H16F2N2O2. The average molecular weight is 270 g/mol. The molecule has 1 fully saturated rings. The van der Waals surface area contributed by atoms with Gasteiger partial charge in [-0.25, -0.2) is 0 Å². The lowest BCUT2D eigenvalue weighted by molar-refractivity contribution is -0.128. The van der Waals surface area contributed by atoms with Crippen molar-refractivity contribution in [3.05, 3.63) is 29.8 Å². The summed E-state index contributed by atoms with van der Waals surface area (Å²) in [5, 5.41) is 3.02. The summed E-state index contributed by atoms with van der Waals surface area (Å²) in [7, 11) is 0. The Morgan fingerprint density at radius 1 is 1.47 bits per heavy atom. The van der Waals surface area contributed by atoms with E-state index in [1.165, 1.54) is 6.07 Å². The van der Waals surface area contributed by atoms with Gasteiger partial charge in [-0.1, -0.05) is 25.1 Å². The van der Waals surface area contributed by atoms with Gasteiger partial charge in [0.1, 0.15) is 11.9 Å². The van der Waals surface area contributed by atoms with Gasteiger partial charge < -0.3 is 9.64 Å². The molecule has 1 aromatic carbocycles. The lowest BCUT2D eigenvalue weighted by Gasteiger charge is -2.25. The van der Waals surface area contributed by atoms with Crippen LogP contribution in [0.25, 0.3) is 0 Å². The molecule has 19 heavy (non-hydrogen) atoms. The molecule has 1 heterocycles. The van der Waals surface area contributed by atoms with E-state index < -0.39 is 12.8 Å². The Balaban J connectivity index is 2.27. The van der Waals surface area contributed by atoms with Gasteiger partial charge >= 0.3 is 6.61 Å². The Morgan fingerprint density at radius 2 is 2.21 bits per heavy atom. The molecule has 1 unspecified atom stereocenters. The van der Waals surface area contributed by atoms with Gasteiger partial charge in [-0.15, -0.1) is 0 Å². The predicted molar refractivity (Wildman–Crippen MR) is 65.8 cm³/mol. The van der Waals surface area contributed by atoms with Crippen molar-refractivity contribution >= 4 is 5.91 Å². The van der Waals surface area contributed by atoms with Crippen LogP contribution in [0.4, 0.5) is 8.78 Å². The van der Waals surface area contributed by atoms with Gasteiger partial charge in [0.2, 0.25) is 5.91 Å². The molecule has 1 N–H and O–H groups in total. The zero-order chi connectivity index (χ0) is 13.8. The maximum Gasteiger partial charge on any atom is 0.387 e. The number of ether oxygens (including phenoxy) is 1. The van der Waals surface area contributed by atoms with E-state index >= 15 is 0 Å². The van der Waals surface area contributed by atoms with Crippen molar-refractivity contribution < 1.29 is 18.3 Å². The van der Waals surface area contributed by atoms with Crippen molar-refractivity contribution in [1.82, 2.24) is 10.2 Å². The highest BCUT2D eigenvalue weighted by Crippen LogP contribution is 2.31. The van der Waals surface area contributed by atoms with E-state index in [1.807, 2.05) is 6.92 Å². The highest BCUT2D eigenvalue weighted by Gasteiger charge is 2.32. The molecule has 1 saturated heterocycles. The van der Waals surface area contributed by atoms with E-state index in [1.54, 1.807) is 23.1 Å². The van der Waals surface area contributed by atoms with Gasteiger partial charge in [0.15, 0.2) is 0 Å². The van der Waals surface area contributed by atoms with Crippen molar-refractivity contribution in [1.29, 1.82) is 0 Å². The molecule has 0 bridgehead atoms. The van der Waals surface area contributed by atoms with Gasteiger partial charge in [-0.3, -0.25) is 10.1 Å². The molecular weight excluding hydrogens is 254 g/mol. The lowest BCUT2D eigenvalue weighted by atomic mass is 10.1. The Hall–Kier alpha value is -1.69. The molecule has 0 aromatic heterocycles. The van der Waals surface area contributed by atoms with Crippen molar-refractivity contribution in [3.8, 4) is 5.75 Å². The smallest absolute Gasteiger partial charge is 0.387 e. The summed E-state index contributed by atoms with van der Waals surface area (Å²) >= 11 is 0. The summed E-state index contributed by atoms with van der Waals surface area (Å²) in [6, 6.07) is 6.54. The molecule has 1 amide bonds. The number of para-hydroxylation sites is 1. The molecule has 0 saturated carbocycles. The van der Waals surface area contributed by atoms with E-state index in [0.29, 0.717) is 12.1 Å². The zero-order valence-corrected chi connectivity index (χ0v) is 10.6. The van der Waals surface area contributed by atoms with Crippen LogP contribution in [0.15, 0.2) is 24.3 Å². The number of nitrogens with one attached hydrogen (secondary N) is 1. The molecule has 1 aliphatic heterocycles. The second kappa shape index (κ2) is 5.97. The normalized spacial score (nSPS) is 19.3. The van der Waals surface area contributed by atoms with Gasteiger partial charge in [0.25, 0.3) is 0 Å². The number of benzene rings is 1. The average Bonchev–Trinajstić information content (AvgIpc) is 2.72. The van der Waals surface area contributed by atoms with Crippen LogP contribution in [0.1, 0.15) is 25.1 Å². The number of hydrogen-bond donors (Lipinski definition) is 1. The standard InChI is InChI=1S/C13H16F2N2O2/c1-2-7-17-11(18)8-16-12(17)9-5-3-4-6-10(9)19-13(14)15/h3-6,12-13,16H,2,7-8H2,1H3. The highest BCUT2D eigenvalue weighted by atomic mass is 19.3. The first-order chi connectivity index (χ1) is 9.13. The molecule has 0 radical (unpaired) electrons. The second-order valence-corrected chi connectivity index (χ2v) is 4.29. The maximum atomic E-state index is 12.4. The minimum Gasteiger partial charge on any atom is -0.434 e. The van der Waals surface area contributed by atoms with Crippen molar-refractivity contribution in [3.63, 3.8) is 0 Å². The third-order valence-corrected chi connectivity index (χ3v) is 2.97. The fraction of sp³-hybridized carbons (Fsp3) is 0.462. The van der Waals surface area contributed by atoms with Crippen molar-refractivity contribution in [2.75, 3.05) is 13.1 Å². The Morgan fingerprint density at radius 3 is 2.89 bits per heavy atom. The minimum atomic E-state index is -2.88. The van der Waals surface area contributed by atoms with Crippen molar-refractivity contribution in [2.24, 2.45) is 0 Å². The molecule has 1 atom stereocenters. The minimum absolute atomic E-state index is 0.0290. The first-order valence-corrected chi connectivity index (χ1v) is 6.20. The third-order valence-electron chi connectivity index (χ3n) is 2.97. The van der Waals surface area contributed by atoms with E-state index in [-0.39, 0.29) is 18.2 Å². The monoisotopic (exact) mass is 270 g/mol. The van der Waals surface area contributed by atoms with Crippen LogP contribution in [0, 0.1) is 0 Å². The van der Waals surface area contributed by atoms with Crippen LogP contribution >= 0.6 is 0 Å². The fourth-order valence-corrected chi connectivity index (χ4v) is 2.22. The Bertz CT molecular complexity index is 454. The Labute approximate surface area is 110 Å². The van der Waals surface area contributed by atoms with E-state index in [9.17, 15) is 13.6 Å². The van der Waals surface area contributed by atoms with E-state index in [4.69, 9.17) is 0 Å². The molecule has 6 heteroatoms. The van der Waals surface area contributed by atoms with Crippen LogP contribution in [-0.2, 0) is 4.79 Å². The van der Waals surface area contributed by atoms with Gasteiger partial charge in [-0.05, 0) is 12.5 Å². The van der Waals surface area contributed by atoms with Crippen LogP contribution in [0.3, 0.4) is 0 Å². The van der Waals surface area contributed by atoms with Gasteiger partial charge in [0, 0.05) is 12.1 Å².